The molecule has 3 nitrogen and oxygen atoms in total. The van der Waals surface area contributed by atoms with Crippen molar-refractivity contribution in [3.8, 4) is 0 Å². The summed E-state index contributed by atoms with van der Waals surface area (Å²) >= 11 is 0. The van der Waals surface area contributed by atoms with E-state index in [0.29, 0.717) is 6.42 Å². The van der Waals surface area contributed by atoms with Crippen LogP contribution in [-0.2, 0) is 10.0 Å². The molecule has 0 rings (SSSR count). The molecule has 0 saturated carbocycles. The van der Waals surface area contributed by atoms with E-state index in [1.165, 1.54) is 25.7 Å². The van der Waals surface area contributed by atoms with Gasteiger partial charge in [0.1, 0.15) is 0 Å². The summed E-state index contributed by atoms with van der Waals surface area (Å²) in [6, 6.07) is 0. The smallest absolute Gasteiger partial charge is 0.209 e. The maximum absolute atomic E-state index is 10.5. The lowest BCUT2D eigenvalue weighted by atomic mass is 10.1. The van der Waals surface area contributed by atoms with Gasteiger partial charge < -0.3 is 0 Å². The minimum Gasteiger partial charge on any atom is -0.229 e. The second kappa shape index (κ2) is 7.33. The van der Waals surface area contributed by atoms with Crippen molar-refractivity contribution in [1.82, 2.24) is 0 Å². The molecule has 0 aromatic carbocycles. The fourth-order valence-corrected chi connectivity index (χ4v) is 1.87. The molecule has 0 aliphatic carbocycles. The summed E-state index contributed by atoms with van der Waals surface area (Å²) in [4.78, 5) is 0. The molecule has 0 unspecified atom stereocenters. The molecule has 0 bridgehead atoms. The highest BCUT2D eigenvalue weighted by molar-refractivity contribution is 7.89. The minimum absolute atomic E-state index is 0.140. The third kappa shape index (κ3) is 11.9. The number of hydrogen-bond acceptors (Lipinski definition) is 2. The largest absolute Gasteiger partial charge is 0.229 e. The molecule has 0 amide bonds. The molecule has 0 radical (unpaired) electrons. The van der Waals surface area contributed by atoms with Gasteiger partial charge in [0.2, 0.25) is 10.0 Å². The molecule has 0 saturated heterocycles. The van der Waals surface area contributed by atoms with Crippen LogP contribution in [0.1, 0.15) is 51.9 Å². The van der Waals surface area contributed by atoms with Crippen molar-refractivity contribution in [3.63, 3.8) is 0 Å². The highest BCUT2D eigenvalue weighted by Gasteiger charge is 2.00. The number of sulfonamides is 1. The molecule has 4 heteroatoms. The fourth-order valence-electron chi connectivity index (χ4n) is 1.26. The first kappa shape index (κ1) is 12.9. The Labute approximate surface area is 81.8 Å². The second-order valence-corrected chi connectivity index (χ2v) is 5.22. The van der Waals surface area contributed by atoms with Crippen LogP contribution in [0.3, 0.4) is 0 Å². The first-order chi connectivity index (χ1) is 6.06. The van der Waals surface area contributed by atoms with E-state index in [1.54, 1.807) is 0 Å². The number of nitrogens with two attached hydrogens (primary N) is 1. The average Bonchev–Trinajstić information content (AvgIpc) is 2.01. The van der Waals surface area contributed by atoms with Crippen LogP contribution in [0.25, 0.3) is 0 Å². The molecule has 2 N–H and O–H groups in total. The monoisotopic (exact) mass is 207 g/mol. The summed E-state index contributed by atoms with van der Waals surface area (Å²) in [7, 11) is -3.22. The van der Waals surface area contributed by atoms with Crippen molar-refractivity contribution in [3.05, 3.63) is 0 Å². The lowest BCUT2D eigenvalue weighted by Gasteiger charge is -1.99. The van der Waals surface area contributed by atoms with Crippen molar-refractivity contribution in [1.29, 1.82) is 0 Å². The molecule has 80 valence electrons. The van der Waals surface area contributed by atoms with Gasteiger partial charge in [0.25, 0.3) is 0 Å². The van der Waals surface area contributed by atoms with E-state index in [1.807, 2.05) is 0 Å². The van der Waals surface area contributed by atoms with Gasteiger partial charge in [-0.1, -0.05) is 45.4 Å². The van der Waals surface area contributed by atoms with Gasteiger partial charge >= 0.3 is 0 Å². The van der Waals surface area contributed by atoms with Gasteiger partial charge in [-0.25, -0.2) is 13.6 Å². The Hall–Kier alpha value is -0.0900. The molecular weight excluding hydrogens is 186 g/mol. The number of hydrogen-bond donors (Lipinski definition) is 1. The Balaban J connectivity index is 3.09. The van der Waals surface area contributed by atoms with Gasteiger partial charge in [0.15, 0.2) is 0 Å². The van der Waals surface area contributed by atoms with E-state index in [2.05, 4.69) is 6.92 Å². The van der Waals surface area contributed by atoms with E-state index in [-0.39, 0.29) is 5.75 Å². The zero-order valence-corrected chi connectivity index (χ0v) is 9.28. The average molecular weight is 207 g/mol. The Morgan fingerprint density at radius 3 is 1.85 bits per heavy atom. The Bertz CT molecular complexity index is 200. The van der Waals surface area contributed by atoms with Gasteiger partial charge in [-0.3, -0.25) is 0 Å². The van der Waals surface area contributed by atoms with Crippen LogP contribution >= 0.6 is 0 Å². The first-order valence-corrected chi connectivity index (χ1v) is 6.78. The number of primary sulfonamides is 1. The van der Waals surface area contributed by atoms with Crippen LogP contribution in [0.2, 0.25) is 0 Å². The molecule has 0 atom stereocenters. The summed E-state index contributed by atoms with van der Waals surface area (Å²) in [5.41, 5.74) is 0. The van der Waals surface area contributed by atoms with E-state index in [9.17, 15) is 8.42 Å². The van der Waals surface area contributed by atoms with Gasteiger partial charge in [-0.05, 0) is 6.42 Å². The predicted molar refractivity (Wildman–Crippen MR) is 56.0 cm³/mol. The van der Waals surface area contributed by atoms with Crippen molar-refractivity contribution in [2.75, 3.05) is 5.75 Å². The van der Waals surface area contributed by atoms with E-state index < -0.39 is 10.0 Å². The lowest BCUT2D eigenvalue weighted by molar-refractivity contribution is 0.580. The highest BCUT2D eigenvalue weighted by atomic mass is 32.2. The standard InChI is InChI=1S/C9H21NO2S/c1-2-3-4-5-6-7-8-9-13(10,11)12/h2-9H2,1H3,(H2,10,11,12). The van der Waals surface area contributed by atoms with Gasteiger partial charge in [0.05, 0.1) is 5.75 Å². The van der Waals surface area contributed by atoms with Crippen molar-refractivity contribution >= 4 is 10.0 Å². The maximum Gasteiger partial charge on any atom is 0.209 e. The van der Waals surface area contributed by atoms with E-state index >= 15 is 0 Å². The minimum atomic E-state index is -3.22. The Kier molecular flexibility index (Phi) is 7.28. The SMILES string of the molecule is CCCCCCCCCS(N)(=O)=O. The van der Waals surface area contributed by atoms with Crippen LogP contribution < -0.4 is 5.14 Å². The van der Waals surface area contributed by atoms with Crippen molar-refractivity contribution in [2.24, 2.45) is 5.14 Å². The summed E-state index contributed by atoms with van der Waals surface area (Å²) in [5.74, 6) is 0.140. The van der Waals surface area contributed by atoms with Crippen molar-refractivity contribution < 1.29 is 8.42 Å². The van der Waals surface area contributed by atoms with Gasteiger partial charge in [-0.15, -0.1) is 0 Å². The highest BCUT2D eigenvalue weighted by Crippen LogP contribution is 2.06. The molecule has 0 heterocycles. The van der Waals surface area contributed by atoms with Gasteiger partial charge in [0, 0.05) is 0 Å². The van der Waals surface area contributed by atoms with Crippen LogP contribution in [-0.4, -0.2) is 14.2 Å². The van der Waals surface area contributed by atoms with Crippen LogP contribution in [0.5, 0.6) is 0 Å². The molecule has 0 aliphatic heterocycles. The molecule has 0 aromatic heterocycles. The number of unbranched alkanes of at least 4 members (excludes halogenated alkanes) is 6. The number of rotatable bonds is 8. The predicted octanol–water partition coefficient (Wildman–Crippen LogP) is 2.03. The quantitative estimate of drug-likeness (QED) is 0.619. The topological polar surface area (TPSA) is 60.2 Å². The summed E-state index contributed by atoms with van der Waals surface area (Å²) in [6.45, 7) is 2.18. The molecule has 13 heavy (non-hydrogen) atoms. The van der Waals surface area contributed by atoms with Crippen molar-refractivity contribution in [2.45, 2.75) is 51.9 Å². The molecule has 0 fully saturated rings. The zero-order valence-electron chi connectivity index (χ0n) is 8.46. The van der Waals surface area contributed by atoms with Crippen LogP contribution in [0.4, 0.5) is 0 Å². The second-order valence-electron chi connectivity index (χ2n) is 3.49. The summed E-state index contributed by atoms with van der Waals surface area (Å²) in [6.07, 6.45) is 7.86. The van der Waals surface area contributed by atoms with Gasteiger partial charge in [-0.2, -0.15) is 0 Å². The van der Waals surface area contributed by atoms with E-state index in [0.717, 1.165) is 12.8 Å². The molecule has 0 spiro atoms. The normalized spacial score (nSPS) is 11.8. The lowest BCUT2D eigenvalue weighted by Crippen LogP contribution is -2.16. The molecule has 0 aromatic rings. The molecular formula is C9H21NO2S. The van der Waals surface area contributed by atoms with E-state index in [4.69, 9.17) is 5.14 Å². The Morgan fingerprint density at radius 1 is 0.923 bits per heavy atom. The third-order valence-electron chi connectivity index (χ3n) is 2.03. The maximum atomic E-state index is 10.5. The first-order valence-electron chi connectivity index (χ1n) is 5.06. The zero-order chi connectivity index (χ0) is 10.2. The van der Waals surface area contributed by atoms with Crippen LogP contribution in [0, 0.1) is 0 Å². The third-order valence-corrected chi connectivity index (χ3v) is 2.89. The summed E-state index contributed by atoms with van der Waals surface area (Å²) < 4.78 is 21.1. The summed E-state index contributed by atoms with van der Waals surface area (Å²) in [5, 5.41) is 4.87. The van der Waals surface area contributed by atoms with Crippen LogP contribution in [0.15, 0.2) is 0 Å². The Morgan fingerprint density at radius 2 is 1.38 bits per heavy atom. The fraction of sp³-hybridized carbons (Fsp3) is 1.00. The molecule has 0 aliphatic rings.